The van der Waals surface area contributed by atoms with Crippen molar-refractivity contribution in [2.45, 2.75) is 25.0 Å². The summed E-state index contributed by atoms with van der Waals surface area (Å²) in [6, 6.07) is -0.171. The van der Waals surface area contributed by atoms with Crippen molar-refractivity contribution in [1.82, 2.24) is 15.5 Å². The van der Waals surface area contributed by atoms with Crippen LogP contribution in [-0.2, 0) is 4.74 Å². The summed E-state index contributed by atoms with van der Waals surface area (Å²) in [7, 11) is 0. The topological polar surface area (TPSA) is 100 Å². The molecule has 1 fully saturated rings. The fourth-order valence-corrected chi connectivity index (χ4v) is 1.74. The number of ether oxygens (including phenoxy) is 1. The van der Waals surface area contributed by atoms with Crippen molar-refractivity contribution >= 4 is 18.3 Å². The van der Waals surface area contributed by atoms with E-state index in [0.29, 0.717) is 25.3 Å². The number of hydrogen-bond donors (Lipinski definition) is 3. The van der Waals surface area contributed by atoms with Crippen molar-refractivity contribution in [2.75, 3.05) is 6.61 Å². The van der Waals surface area contributed by atoms with Gasteiger partial charge in [-0.25, -0.2) is 9.89 Å². The van der Waals surface area contributed by atoms with Gasteiger partial charge in [-0.2, -0.15) is 0 Å². The fraction of sp³-hybridized carbons (Fsp3) is 0.625. The van der Waals surface area contributed by atoms with Gasteiger partial charge in [0.15, 0.2) is 0 Å². The normalized spacial score (nSPS) is 25.2. The Morgan fingerprint density at radius 1 is 1.62 bits per heavy atom. The van der Waals surface area contributed by atoms with Gasteiger partial charge in [0, 0.05) is 0 Å². The van der Waals surface area contributed by atoms with E-state index in [9.17, 15) is 4.79 Å². The van der Waals surface area contributed by atoms with E-state index in [2.05, 4.69) is 15.5 Å². The number of nitrogens with zero attached hydrogens (tertiary/aromatic N) is 1. The number of nitrogens with one attached hydrogen (secondary N) is 2. The molecule has 0 spiro atoms. The first-order chi connectivity index (χ1) is 7.65. The average Bonchev–Trinajstić information content (AvgIpc) is 2.65. The van der Waals surface area contributed by atoms with Crippen LogP contribution in [0.4, 0.5) is 4.79 Å². The van der Waals surface area contributed by atoms with Gasteiger partial charge in [-0.3, -0.25) is 0 Å². The molecule has 1 aromatic heterocycles. The van der Waals surface area contributed by atoms with Crippen molar-refractivity contribution in [3.05, 3.63) is 10.7 Å². The van der Waals surface area contributed by atoms with Gasteiger partial charge in [0.05, 0.1) is 12.6 Å². The van der Waals surface area contributed by atoms with Gasteiger partial charge in [-0.15, -0.1) is 5.10 Å². The second-order valence-corrected chi connectivity index (χ2v) is 3.87. The Balaban J connectivity index is 1.90. The zero-order valence-corrected chi connectivity index (χ0v) is 9.12. The monoisotopic (exact) mass is 245 g/mol. The molecule has 2 rings (SSSR count). The zero-order chi connectivity index (χ0) is 11.5. The molecule has 0 saturated carbocycles. The largest absolute Gasteiger partial charge is 0.465 e. The first kappa shape index (κ1) is 11.1. The molecule has 88 valence electrons. The lowest BCUT2D eigenvalue weighted by Crippen LogP contribution is -2.40. The van der Waals surface area contributed by atoms with Gasteiger partial charge in [-0.1, -0.05) is 0 Å². The Kier molecular flexibility index (Phi) is 3.20. The van der Waals surface area contributed by atoms with E-state index in [1.807, 2.05) is 0 Å². The number of carboxylic acid groups (broad SMARTS) is 1. The maximum absolute atomic E-state index is 10.4. The zero-order valence-electron chi connectivity index (χ0n) is 8.30. The quantitative estimate of drug-likeness (QED) is 0.677. The average molecular weight is 245 g/mol. The molecule has 2 atom stereocenters. The Bertz CT molecular complexity index is 421. The van der Waals surface area contributed by atoms with Crippen LogP contribution in [0.25, 0.3) is 0 Å². The summed E-state index contributed by atoms with van der Waals surface area (Å²) in [5, 5.41) is 17.3. The molecule has 8 heteroatoms. The van der Waals surface area contributed by atoms with Gasteiger partial charge in [0.25, 0.3) is 4.84 Å². The van der Waals surface area contributed by atoms with Crippen molar-refractivity contribution in [1.29, 1.82) is 0 Å². The van der Waals surface area contributed by atoms with Crippen LogP contribution in [0.3, 0.4) is 0 Å². The van der Waals surface area contributed by atoms with Crippen LogP contribution in [0.5, 0.6) is 0 Å². The summed E-state index contributed by atoms with van der Waals surface area (Å²) < 4.78 is 10.6. The minimum Gasteiger partial charge on any atom is -0.465 e. The molecule has 0 unspecified atom stereocenters. The van der Waals surface area contributed by atoms with Crippen LogP contribution in [0.15, 0.2) is 4.42 Å². The number of hydrogen-bond acceptors (Lipinski definition) is 5. The van der Waals surface area contributed by atoms with E-state index in [-0.39, 0.29) is 17.0 Å². The highest BCUT2D eigenvalue weighted by Gasteiger charge is 2.26. The predicted molar refractivity (Wildman–Crippen MR) is 54.6 cm³/mol. The Morgan fingerprint density at radius 2 is 2.44 bits per heavy atom. The van der Waals surface area contributed by atoms with Crippen LogP contribution < -0.4 is 5.32 Å². The lowest BCUT2D eigenvalue weighted by atomic mass is 10.1. The summed E-state index contributed by atoms with van der Waals surface area (Å²) in [5.74, 6) is 0.416. The minimum atomic E-state index is -1.04. The lowest BCUT2D eigenvalue weighted by molar-refractivity contribution is -0.0178. The van der Waals surface area contributed by atoms with E-state index in [1.54, 1.807) is 0 Å². The highest BCUT2D eigenvalue weighted by molar-refractivity contribution is 7.71. The number of amides is 1. The van der Waals surface area contributed by atoms with Gasteiger partial charge in [0.1, 0.15) is 6.10 Å². The minimum absolute atomic E-state index is 0.171. The second kappa shape index (κ2) is 4.62. The molecular formula is C8H11N3O4S. The molecule has 1 amide bonds. The number of carbonyl (C=O) groups is 1. The highest BCUT2D eigenvalue weighted by atomic mass is 32.1. The van der Waals surface area contributed by atoms with E-state index >= 15 is 0 Å². The second-order valence-electron chi connectivity index (χ2n) is 3.50. The molecule has 7 nitrogen and oxygen atoms in total. The molecule has 1 aromatic rings. The first-order valence-corrected chi connectivity index (χ1v) is 5.22. The molecule has 3 N–H and O–H groups in total. The summed E-state index contributed by atoms with van der Waals surface area (Å²) in [6.07, 6.45) is 0.0457. The Morgan fingerprint density at radius 3 is 2.94 bits per heavy atom. The van der Waals surface area contributed by atoms with Crippen LogP contribution in [-0.4, -0.2) is 34.0 Å². The molecule has 0 aliphatic carbocycles. The maximum Gasteiger partial charge on any atom is 0.404 e. The van der Waals surface area contributed by atoms with Crippen molar-refractivity contribution in [3.63, 3.8) is 0 Å². The van der Waals surface area contributed by atoms with Crippen LogP contribution in [0.1, 0.15) is 24.8 Å². The third-order valence-electron chi connectivity index (χ3n) is 2.33. The van der Waals surface area contributed by atoms with E-state index in [0.717, 1.165) is 0 Å². The van der Waals surface area contributed by atoms with Crippen molar-refractivity contribution < 1.29 is 19.1 Å². The fourth-order valence-electron chi connectivity index (χ4n) is 1.61. The number of aromatic amines is 1. The van der Waals surface area contributed by atoms with Crippen molar-refractivity contribution in [2.24, 2.45) is 0 Å². The highest BCUT2D eigenvalue weighted by Crippen LogP contribution is 2.26. The molecule has 0 aromatic carbocycles. The molecule has 0 radical (unpaired) electrons. The summed E-state index contributed by atoms with van der Waals surface area (Å²) in [5.41, 5.74) is 0. The van der Waals surface area contributed by atoms with E-state index in [4.69, 9.17) is 26.5 Å². The van der Waals surface area contributed by atoms with Crippen LogP contribution >= 0.6 is 12.2 Å². The number of rotatable bonds is 2. The molecule has 1 aliphatic rings. The molecule has 1 saturated heterocycles. The SMILES string of the molecule is O=C(O)N[C@@H]1CC[C@@H](c2n[nH]c(=S)o2)OC1. The van der Waals surface area contributed by atoms with Gasteiger partial charge in [-0.05, 0) is 25.1 Å². The molecule has 2 heterocycles. The van der Waals surface area contributed by atoms with Gasteiger partial charge >= 0.3 is 6.09 Å². The summed E-state index contributed by atoms with van der Waals surface area (Å²) in [6.45, 7) is 0.312. The third kappa shape index (κ3) is 2.58. The Labute approximate surface area is 95.8 Å². The standard InChI is InChI=1S/C8H11N3O4S/c12-7(13)9-4-1-2-5(14-3-4)6-10-11-8(16)15-6/h4-5,9H,1-3H2,(H,11,16)(H,12,13)/t4-,5+/m1/s1. The van der Waals surface area contributed by atoms with Gasteiger partial charge in [0.2, 0.25) is 5.89 Å². The predicted octanol–water partition coefficient (Wildman–Crippen LogP) is 1.22. The molecule has 1 aliphatic heterocycles. The van der Waals surface area contributed by atoms with Crippen molar-refractivity contribution in [3.8, 4) is 0 Å². The van der Waals surface area contributed by atoms with Crippen LogP contribution in [0, 0.1) is 4.84 Å². The molecular weight excluding hydrogens is 234 g/mol. The molecule has 0 bridgehead atoms. The van der Waals surface area contributed by atoms with E-state index in [1.165, 1.54) is 0 Å². The number of H-pyrrole nitrogens is 1. The Hall–Kier alpha value is -1.41. The first-order valence-electron chi connectivity index (χ1n) is 4.81. The lowest BCUT2D eigenvalue weighted by Gasteiger charge is -2.26. The smallest absolute Gasteiger partial charge is 0.404 e. The number of aromatic nitrogens is 2. The summed E-state index contributed by atoms with van der Waals surface area (Å²) >= 11 is 4.75. The summed E-state index contributed by atoms with van der Waals surface area (Å²) in [4.78, 5) is 10.6. The van der Waals surface area contributed by atoms with E-state index < -0.39 is 6.09 Å². The molecule has 16 heavy (non-hydrogen) atoms. The maximum atomic E-state index is 10.4. The third-order valence-corrected chi connectivity index (χ3v) is 2.51. The van der Waals surface area contributed by atoms with Crippen LogP contribution in [0.2, 0.25) is 0 Å². The van der Waals surface area contributed by atoms with Gasteiger partial charge < -0.3 is 19.6 Å².